The van der Waals surface area contributed by atoms with E-state index < -0.39 is 25.4 Å². The number of hydrogen-bond acceptors (Lipinski definition) is 8. The van der Waals surface area contributed by atoms with Gasteiger partial charge in [-0.15, -0.1) is 0 Å². The van der Waals surface area contributed by atoms with Crippen molar-refractivity contribution in [2.45, 2.75) is 150 Å². The number of carbonyl (C=O) groups excluding carboxylic acids is 2. The van der Waals surface area contributed by atoms with Crippen molar-refractivity contribution < 1.29 is 37.7 Å². The Morgan fingerprint density at radius 3 is 1.59 bits per heavy atom. The average Bonchev–Trinajstić information content (AvgIpc) is 3.22. The van der Waals surface area contributed by atoms with Crippen molar-refractivity contribution in [3.05, 3.63) is 23.2 Å². The summed E-state index contributed by atoms with van der Waals surface area (Å²) >= 11 is 0. The standard InChI is InChI=1S/2C16H28BNO4/c2*1-14(2,3)20-13(19)18-10-8-9-12(11-18)17-21-15(4,5)16(6,7)22-17/h11H,8-10H2,1-7H3;9H,8,10-11H2,1-7H3. The quantitative estimate of drug-likeness (QED) is 0.315. The Hall–Kier alpha value is -2.01. The van der Waals surface area contributed by atoms with E-state index in [0.717, 1.165) is 30.2 Å². The molecule has 0 aromatic heterocycles. The monoisotopic (exact) mass is 618 g/mol. The van der Waals surface area contributed by atoms with E-state index >= 15 is 0 Å². The molecule has 248 valence electrons. The zero-order chi connectivity index (χ0) is 33.5. The molecule has 0 radical (unpaired) electrons. The van der Waals surface area contributed by atoms with Gasteiger partial charge in [-0.05, 0) is 127 Å². The number of hydrogen-bond donors (Lipinski definition) is 0. The van der Waals surface area contributed by atoms with E-state index in [-0.39, 0.29) is 34.6 Å². The van der Waals surface area contributed by atoms with Gasteiger partial charge in [-0.1, -0.05) is 6.08 Å². The second kappa shape index (κ2) is 12.6. The number of carbonyl (C=O) groups is 2. The van der Waals surface area contributed by atoms with Gasteiger partial charge >= 0.3 is 26.4 Å². The highest BCUT2D eigenvalue weighted by Gasteiger charge is 2.54. The summed E-state index contributed by atoms with van der Waals surface area (Å²) in [7, 11) is -0.787. The molecule has 0 N–H and O–H groups in total. The Labute approximate surface area is 266 Å². The molecule has 0 atom stereocenters. The van der Waals surface area contributed by atoms with Gasteiger partial charge in [0.15, 0.2) is 0 Å². The zero-order valence-electron chi connectivity index (χ0n) is 29.7. The second-order valence-corrected chi connectivity index (χ2v) is 16.1. The summed E-state index contributed by atoms with van der Waals surface area (Å²) in [6.07, 6.45) is 5.89. The van der Waals surface area contributed by atoms with Crippen LogP contribution >= 0.6 is 0 Å². The number of allylic oxidation sites excluding steroid dienone is 1. The van der Waals surface area contributed by atoms with Gasteiger partial charge in [-0.2, -0.15) is 0 Å². The molecule has 10 nitrogen and oxygen atoms in total. The molecular formula is C32H56B2N2O8. The van der Waals surface area contributed by atoms with Gasteiger partial charge in [0.25, 0.3) is 0 Å². The van der Waals surface area contributed by atoms with Crippen molar-refractivity contribution in [2.24, 2.45) is 0 Å². The molecule has 0 unspecified atom stereocenters. The molecule has 2 amide bonds. The molecular weight excluding hydrogens is 562 g/mol. The van der Waals surface area contributed by atoms with Crippen molar-refractivity contribution in [3.8, 4) is 0 Å². The molecule has 0 aromatic rings. The molecule has 0 aliphatic carbocycles. The van der Waals surface area contributed by atoms with Crippen LogP contribution in [0.1, 0.15) is 116 Å². The predicted molar refractivity (Wildman–Crippen MR) is 173 cm³/mol. The van der Waals surface area contributed by atoms with E-state index in [9.17, 15) is 9.59 Å². The van der Waals surface area contributed by atoms with Crippen LogP contribution in [0.15, 0.2) is 23.2 Å². The summed E-state index contributed by atoms with van der Waals surface area (Å²) in [4.78, 5) is 27.8. The summed E-state index contributed by atoms with van der Waals surface area (Å²) in [5.74, 6) is 0. The van der Waals surface area contributed by atoms with Gasteiger partial charge in [0.1, 0.15) is 11.2 Å². The molecule has 2 fully saturated rings. The van der Waals surface area contributed by atoms with Crippen LogP contribution in [-0.2, 0) is 28.1 Å². The Morgan fingerprint density at radius 2 is 1.14 bits per heavy atom. The first-order chi connectivity index (χ1) is 19.8. The van der Waals surface area contributed by atoms with Crippen LogP contribution in [0.25, 0.3) is 0 Å². The topological polar surface area (TPSA) is 96.0 Å². The van der Waals surface area contributed by atoms with Crippen molar-refractivity contribution in [1.82, 2.24) is 9.80 Å². The molecule has 2 saturated heterocycles. The lowest BCUT2D eigenvalue weighted by atomic mass is 9.75. The van der Waals surface area contributed by atoms with Gasteiger partial charge < -0.3 is 33.0 Å². The lowest BCUT2D eigenvalue weighted by molar-refractivity contribution is 0.00578. The van der Waals surface area contributed by atoms with Crippen LogP contribution in [0.5, 0.6) is 0 Å². The minimum absolute atomic E-state index is 0.283. The van der Waals surface area contributed by atoms with E-state index in [1.54, 1.807) is 9.80 Å². The van der Waals surface area contributed by atoms with E-state index in [0.29, 0.717) is 19.6 Å². The van der Waals surface area contributed by atoms with Crippen LogP contribution in [0.4, 0.5) is 9.59 Å². The smallest absolute Gasteiger partial charge is 0.444 e. The third kappa shape index (κ3) is 9.04. The zero-order valence-corrected chi connectivity index (χ0v) is 29.7. The van der Waals surface area contributed by atoms with Crippen LogP contribution in [-0.4, -0.2) is 89.5 Å². The van der Waals surface area contributed by atoms with Crippen LogP contribution in [0.3, 0.4) is 0 Å². The minimum Gasteiger partial charge on any atom is -0.444 e. The fourth-order valence-corrected chi connectivity index (χ4v) is 4.84. The molecule has 0 bridgehead atoms. The number of nitrogens with zero attached hydrogens (tertiary/aromatic N) is 2. The summed E-state index contributed by atoms with van der Waals surface area (Å²) in [6, 6.07) is 0. The maximum atomic E-state index is 12.2. The van der Waals surface area contributed by atoms with E-state index in [2.05, 4.69) is 6.08 Å². The molecule has 0 saturated carbocycles. The fourth-order valence-electron chi connectivity index (χ4n) is 4.84. The summed E-state index contributed by atoms with van der Waals surface area (Å²) in [6.45, 7) is 29.3. The van der Waals surface area contributed by atoms with E-state index in [4.69, 9.17) is 28.1 Å². The van der Waals surface area contributed by atoms with Crippen molar-refractivity contribution in [1.29, 1.82) is 0 Å². The molecule has 44 heavy (non-hydrogen) atoms. The van der Waals surface area contributed by atoms with Gasteiger partial charge in [-0.3, -0.25) is 4.90 Å². The molecule has 4 rings (SSSR count). The van der Waals surface area contributed by atoms with Gasteiger partial charge in [-0.25, -0.2) is 9.59 Å². The lowest BCUT2D eigenvalue weighted by Crippen LogP contribution is -2.42. The Kier molecular flexibility index (Phi) is 10.5. The summed E-state index contributed by atoms with van der Waals surface area (Å²) in [5, 5.41) is 0. The molecule has 12 heteroatoms. The van der Waals surface area contributed by atoms with Crippen LogP contribution in [0, 0.1) is 0 Å². The van der Waals surface area contributed by atoms with E-state index in [1.807, 2.05) is 103 Å². The molecule has 0 spiro atoms. The molecule has 4 heterocycles. The highest BCUT2D eigenvalue weighted by molar-refractivity contribution is 6.55. The normalized spacial score (nSPS) is 24.2. The Morgan fingerprint density at radius 1 is 0.705 bits per heavy atom. The highest BCUT2D eigenvalue weighted by atomic mass is 16.7. The van der Waals surface area contributed by atoms with Gasteiger partial charge in [0.2, 0.25) is 0 Å². The predicted octanol–water partition coefficient (Wildman–Crippen LogP) is 6.72. The van der Waals surface area contributed by atoms with Crippen molar-refractivity contribution in [2.75, 3.05) is 19.6 Å². The second-order valence-electron chi connectivity index (χ2n) is 16.1. The number of amides is 2. The maximum Gasteiger partial charge on any atom is 0.492 e. The average molecular weight is 618 g/mol. The molecule has 0 aromatic carbocycles. The maximum absolute atomic E-state index is 12.2. The Bertz CT molecular complexity index is 1100. The van der Waals surface area contributed by atoms with Crippen LogP contribution in [0.2, 0.25) is 0 Å². The number of rotatable bonds is 2. The SMILES string of the molecule is CC(C)(C)OC(=O)N1C=C(B2OC(C)(C)C(C)(C)O2)CCC1.CC(C)(C)OC(=O)N1CCC=C(B2OC(C)(C)C(C)(C)O2)C1. The van der Waals surface area contributed by atoms with Crippen molar-refractivity contribution in [3.63, 3.8) is 0 Å². The summed E-state index contributed by atoms with van der Waals surface area (Å²) < 4.78 is 35.1. The largest absolute Gasteiger partial charge is 0.492 e. The fraction of sp³-hybridized carbons (Fsp3) is 0.812. The first-order valence-electron chi connectivity index (χ1n) is 15.9. The molecule has 4 aliphatic heterocycles. The first kappa shape index (κ1) is 36.5. The highest BCUT2D eigenvalue weighted by Crippen LogP contribution is 2.40. The van der Waals surface area contributed by atoms with Gasteiger partial charge in [0, 0.05) is 25.8 Å². The number of ether oxygens (including phenoxy) is 2. The van der Waals surface area contributed by atoms with Gasteiger partial charge in [0.05, 0.1) is 22.4 Å². The minimum atomic E-state index is -0.493. The first-order valence-corrected chi connectivity index (χ1v) is 15.9. The Balaban J connectivity index is 0.000000240. The third-order valence-corrected chi connectivity index (χ3v) is 8.76. The van der Waals surface area contributed by atoms with Crippen LogP contribution < -0.4 is 0 Å². The summed E-state index contributed by atoms with van der Waals surface area (Å²) in [5.41, 5.74) is -0.458. The lowest BCUT2D eigenvalue weighted by Gasteiger charge is -2.32. The van der Waals surface area contributed by atoms with E-state index in [1.165, 1.54) is 0 Å². The van der Waals surface area contributed by atoms with Crippen molar-refractivity contribution >= 4 is 26.4 Å². The third-order valence-electron chi connectivity index (χ3n) is 8.76. The molecule has 4 aliphatic rings.